The van der Waals surface area contributed by atoms with Gasteiger partial charge in [0.1, 0.15) is 11.4 Å². The summed E-state index contributed by atoms with van der Waals surface area (Å²) in [5.41, 5.74) is 5.06. The van der Waals surface area contributed by atoms with Crippen LogP contribution in [0.4, 0.5) is 0 Å². The Morgan fingerprint density at radius 1 is 1.20 bits per heavy atom. The fourth-order valence-corrected chi connectivity index (χ4v) is 2.59. The summed E-state index contributed by atoms with van der Waals surface area (Å²) in [7, 11) is 1.62. The van der Waals surface area contributed by atoms with Gasteiger partial charge in [0.25, 0.3) is 5.91 Å². The highest BCUT2D eigenvalue weighted by Gasteiger charge is 2.16. The molecule has 0 atom stereocenters. The topological polar surface area (TPSA) is 82.2 Å². The molecule has 1 heterocycles. The van der Waals surface area contributed by atoms with Crippen LogP contribution in [0.1, 0.15) is 16.1 Å². The fraction of sp³-hybridized carbons (Fsp3) is 0.111. The standard InChI is InChI=1S/C18H17ClN4O2/c1-25-15-8-2-12(3-9-15)11-23-17(18(24)21-20)10-16(22-23)13-4-6-14(19)7-5-13/h2-10H,11,20H2,1H3,(H,21,24). The van der Waals surface area contributed by atoms with Crippen LogP contribution < -0.4 is 16.0 Å². The predicted octanol–water partition coefficient (Wildman–Crippen LogP) is 2.86. The maximum absolute atomic E-state index is 12.1. The first-order chi connectivity index (χ1) is 12.1. The van der Waals surface area contributed by atoms with E-state index in [9.17, 15) is 4.79 Å². The van der Waals surface area contributed by atoms with Crippen LogP contribution in [0.3, 0.4) is 0 Å². The molecule has 0 saturated heterocycles. The van der Waals surface area contributed by atoms with E-state index in [-0.39, 0.29) is 0 Å². The maximum atomic E-state index is 12.1. The van der Waals surface area contributed by atoms with Gasteiger partial charge < -0.3 is 4.74 Å². The van der Waals surface area contributed by atoms with Crippen LogP contribution in [0.2, 0.25) is 5.02 Å². The quantitative estimate of drug-likeness (QED) is 0.418. The highest BCUT2D eigenvalue weighted by atomic mass is 35.5. The van der Waals surface area contributed by atoms with Crippen molar-refractivity contribution in [2.75, 3.05) is 7.11 Å². The molecule has 1 aromatic heterocycles. The predicted molar refractivity (Wildman–Crippen MR) is 96.4 cm³/mol. The summed E-state index contributed by atoms with van der Waals surface area (Å²) in [4.78, 5) is 12.1. The van der Waals surface area contributed by atoms with Gasteiger partial charge in [-0.25, -0.2) is 5.84 Å². The molecule has 3 rings (SSSR count). The molecule has 0 radical (unpaired) electrons. The van der Waals surface area contributed by atoms with Gasteiger partial charge in [-0.1, -0.05) is 35.9 Å². The van der Waals surface area contributed by atoms with Crippen LogP contribution in [0.15, 0.2) is 54.6 Å². The summed E-state index contributed by atoms with van der Waals surface area (Å²) in [5.74, 6) is 5.67. The number of hydrogen-bond acceptors (Lipinski definition) is 4. The Morgan fingerprint density at radius 3 is 2.48 bits per heavy atom. The van der Waals surface area contributed by atoms with Crippen LogP contribution in [0.25, 0.3) is 11.3 Å². The Hall–Kier alpha value is -2.83. The Balaban J connectivity index is 1.95. The molecule has 128 valence electrons. The lowest BCUT2D eigenvalue weighted by Gasteiger charge is -2.07. The van der Waals surface area contributed by atoms with Crippen molar-refractivity contribution in [3.8, 4) is 17.0 Å². The number of halogens is 1. The molecule has 0 saturated carbocycles. The number of nitrogen functional groups attached to an aromatic ring is 1. The monoisotopic (exact) mass is 356 g/mol. The molecule has 0 aliphatic heterocycles. The maximum Gasteiger partial charge on any atom is 0.283 e. The second-order valence-corrected chi connectivity index (χ2v) is 5.84. The van der Waals surface area contributed by atoms with Crippen LogP contribution in [0, 0.1) is 0 Å². The molecular weight excluding hydrogens is 340 g/mol. The van der Waals surface area contributed by atoms with Crippen LogP contribution >= 0.6 is 11.6 Å². The van der Waals surface area contributed by atoms with Crippen molar-refractivity contribution in [2.45, 2.75) is 6.54 Å². The van der Waals surface area contributed by atoms with Gasteiger partial charge in [-0.3, -0.25) is 14.9 Å². The van der Waals surface area contributed by atoms with Crippen molar-refractivity contribution in [1.29, 1.82) is 0 Å². The van der Waals surface area contributed by atoms with Gasteiger partial charge in [-0.05, 0) is 35.9 Å². The van der Waals surface area contributed by atoms with E-state index in [1.54, 1.807) is 30.0 Å². The van der Waals surface area contributed by atoms with Gasteiger partial charge in [0.2, 0.25) is 0 Å². The molecule has 3 aromatic rings. The number of carbonyl (C=O) groups is 1. The number of carbonyl (C=O) groups excluding carboxylic acids is 1. The second kappa shape index (κ2) is 7.38. The van der Waals surface area contributed by atoms with Crippen molar-refractivity contribution in [1.82, 2.24) is 15.2 Å². The first-order valence-corrected chi connectivity index (χ1v) is 7.96. The zero-order valence-electron chi connectivity index (χ0n) is 13.6. The number of benzene rings is 2. The van der Waals surface area contributed by atoms with Gasteiger partial charge in [0, 0.05) is 10.6 Å². The highest BCUT2D eigenvalue weighted by Crippen LogP contribution is 2.22. The molecule has 2 aromatic carbocycles. The molecule has 0 unspecified atom stereocenters. The summed E-state index contributed by atoms with van der Waals surface area (Å²) in [6, 6.07) is 16.5. The number of amides is 1. The number of hydrazine groups is 1. The Kier molecular flexibility index (Phi) is 5.02. The average molecular weight is 357 g/mol. The number of nitrogens with zero attached hydrogens (tertiary/aromatic N) is 2. The lowest BCUT2D eigenvalue weighted by atomic mass is 10.1. The minimum absolute atomic E-state index is 0.378. The third-order valence-corrected chi connectivity index (χ3v) is 4.03. The van der Waals surface area contributed by atoms with Gasteiger partial charge >= 0.3 is 0 Å². The van der Waals surface area contributed by atoms with Gasteiger partial charge in [0.05, 0.1) is 19.3 Å². The van der Waals surface area contributed by atoms with E-state index in [1.807, 2.05) is 36.4 Å². The fourth-order valence-electron chi connectivity index (χ4n) is 2.46. The van der Waals surface area contributed by atoms with Crippen molar-refractivity contribution in [3.63, 3.8) is 0 Å². The Morgan fingerprint density at radius 2 is 1.88 bits per heavy atom. The molecule has 7 heteroatoms. The van der Waals surface area contributed by atoms with E-state index in [0.717, 1.165) is 16.9 Å². The summed E-state index contributed by atoms with van der Waals surface area (Å²) >= 11 is 5.92. The molecular formula is C18H17ClN4O2. The van der Waals surface area contributed by atoms with Crippen LogP contribution in [-0.4, -0.2) is 22.8 Å². The summed E-state index contributed by atoms with van der Waals surface area (Å²) in [5, 5.41) is 5.18. The normalized spacial score (nSPS) is 10.5. The van der Waals surface area contributed by atoms with E-state index < -0.39 is 5.91 Å². The summed E-state index contributed by atoms with van der Waals surface area (Å²) < 4.78 is 6.78. The number of nitrogens with two attached hydrogens (primary N) is 1. The largest absolute Gasteiger partial charge is 0.497 e. The van der Waals surface area contributed by atoms with Gasteiger partial charge in [0.15, 0.2) is 0 Å². The molecule has 0 spiro atoms. The molecule has 0 fully saturated rings. The molecule has 1 amide bonds. The third kappa shape index (κ3) is 3.81. The first kappa shape index (κ1) is 17.0. The molecule has 0 aliphatic carbocycles. The highest BCUT2D eigenvalue weighted by molar-refractivity contribution is 6.30. The molecule has 0 bridgehead atoms. The molecule has 3 N–H and O–H groups in total. The lowest BCUT2D eigenvalue weighted by molar-refractivity contribution is 0.0943. The zero-order valence-corrected chi connectivity index (χ0v) is 14.3. The van der Waals surface area contributed by atoms with Gasteiger partial charge in [-0.15, -0.1) is 0 Å². The van der Waals surface area contributed by atoms with E-state index in [2.05, 4.69) is 10.5 Å². The number of methoxy groups -OCH3 is 1. The molecule has 6 nitrogen and oxygen atoms in total. The van der Waals surface area contributed by atoms with Gasteiger partial charge in [-0.2, -0.15) is 5.10 Å². The minimum Gasteiger partial charge on any atom is -0.497 e. The number of hydrogen-bond donors (Lipinski definition) is 2. The Labute approximate surface area is 150 Å². The van der Waals surface area contributed by atoms with Crippen molar-refractivity contribution < 1.29 is 9.53 Å². The first-order valence-electron chi connectivity index (χ1n) is 7.58. The number of rotatable bonds is 5. The summed E-state index contributed by atoms with van der Waals surface area (Å²) in [6.07, 6.45) is 0. The molecule has 0 aliphatic rings. The van der Waals surface area contributed by atoms with E-state index in [4.69, 9.17) is 22.2 Å². The van der Waals surface area contributed by atoms with Crippen LogP contribution in [0.5, 0.6) is 5.75 Å². The van der Waals surface area contributed by atoms with Crippen LogP contribution in [-0.2, 0) is 6.54 Å². The van der Waals surface area contributed by atoms with Crippen molar-refractivity contribution in [2.24, 2.45) is 5.84 Å². The number of ether oxygens (including phenoxy) is 1. The smallest absolute Gasteiger partial charge is 0.283 e. The summed E-state index contributed by atoms with van der Waals surface area (Å²) in [6.45, 7) is 0.431. The number of aromatic nitrogens is 2. The minimum atomic E-state index is -0.402. The lowest BCUT2D eigenvalue weighted by Crippen LogP contribution is -2.32. The number of nitrogens with one attached hydrogen (secondary N) is 1. The zero-order chi connectivity index (χ0) is 17.8. The Bertz CT molecular complexity index is 873. The van der Waals surface area contributed by atoms with E-state index >= 15 is 0 Å². The average Bonchev–Trinajstić information content (AvgIpc) is 3.06. The second-order valence-electron chi connectivity index (χ2n) is 5.40. The van der Waals surface area contributed by atoms with Crippen molar-refractivity contribution >= 4 is 17.5 Å². The SMILES string of the molecule is COc1ccc(Cn2nc(-c3ccc(Cl)cc3)cc2C(=O)NN)cc1. The van der Waals surface area contributed by atoms with E-state index in [0.29, 0.717) is 23.0 Å². The third-order valence-electron chi connectivity index (χ3n) is 3.78. The van der Waals surface area contributed by atoms with E-state index in [1.165, 1.54) is 0 Å². The van der Waals surface area contributed by atoms with Crippen molar-refractivity contribution in [3.05, 3.63) is 70.9 Å². The molecule has 25 heavy (non-hydrogen) atoms.